The number of para-hydroxylation sites is 1. The van der Waals surface area contributed by atoms with E-state index in [-0.39, 0.29) is 23.7 Å². The van der Waals surface area contributed by atoms with Gasteiger partial charge in [0.05, 0.1) is 11.0 Å². The van der Waals surface area contributed by atoms with Crippen LogP contribution in [0.3, 0.4) is 0 Å². The number of nitrogens with one attached hydrogen (secondary N) is 1. The minimum absolute atomic E-state index is 0.0262. The molecule has 1 saturated carbocycles. The molecule has 1 aliphatic carbocycles. The Labute approximate surface area is 123 Å². The Hall–Kier alpha value is -1.95. The number of aliphatic hydroxyl groups excluding tert-OH is 1. The number of hydrogen-bond donors (Lipinski definition) is 2. The highest BCUT2D eigenvalue weighted by Gasteiger charge is 2.24. The van der Waals surface area contributed by atoms with E-state index in [1.807, 2.05) is 0 Å². The summed E-state index contributed by atoms with van der Waals surface area (Å²) in [5.41, 5.74) is -0.194. The lowest BCUT2D eigenvalue weighted by molar-refractivity contribution is -0.385. The number of hydrogen-bond acceptors (Lipinski definition) is 4. The van der Waals surface area contributed by atoms with Crippen LogP contribution in [0.4, 0.5) is 5.69 Å². The SMILES string of the molecule is O=C(NCC(O)C1CCCCC1)c1ccccc1[N+](=O)[O-]. The molecule has 6 heteroatoms. The summed E-state index contributed by atoms with van der Waals surface area (Å²) in [5.74, 6) is -0.304. The second-order valence-corrected chi connectivity index (χ2v) is 5.45. The fraction of sp³-hybridized carbons (Fsp3) is 0.533. The van der Waals surface area contributed by atoms with Gasteiger partial charge >= 0.3 is 0 Å². The predicted octanol–water partition coefficient (Wildman–Crippen LogP) is 2.27. The minimum Gasteiger partial charge on any atom is -0.391 e. The molecule has 0 radical (unpaired) electrons. The molecule has 1 fully saturated rings. The van der Waals surface area contributed by atoms with E-state index in [1.54, 1.807) is 6.07 Å². The zero-order valence-electron chi connectivity index (χ0n) is 11.8. The largest absolute Gasteiger partial charge is 0.391 e. The number of benzene rings is 1. The number of amides is 1. The van der Waals surface area contributed by atoms with E-state index in [9.17, 15) is 20.0 Å². The van der Waals surface area contributed by atoms with Crippen molar-refractivity contribution in [1.82, 2.24) is 5.32 Å². The standard InChI is InChI=1S/C15H20N2O4/c18-14(11-6-2-1-3-7-11)10-16-15(19)12-8-4-5-9-13(12)17(20)21/h4-5,8-9,11,14,18H,1-3,6-7,10H2,(H,16,19). The molecule has 0 aliphatic heterocycles. The van der Waals surface area contributed by atoms with Crippen LogP contribution in [-0.4, -0.2) is 28.6 Å². The molecule has 0 heterocycles. The number of carbonyl (C=O) groups is 1. The van der Waals surface area contributed by atoms with Crippen molar-refractivity contribution in [2.24, 2.45) is 5.92 Å². The van der Waals surface area contributed by atoms with Gasteiger partial charge in [-0.05, 0) is 24.8 Å². The van der Waals surface area contributed by atoms with Crippen molar-refractivity contribution in [3.8, 4) is 0 Å². The number of aliphatic hydroxyl groups is 1. The van der Waals surface area contributed by atoms with Gasteiger partial charge in [-0.15, -0.1) is 0 Å². The van der Waals surface area contributed by atoms with Crippen LogP contribution in [0.5, 0.6) is 0 Å². The van der Waals surface area contributed by atoms with Crippen molar-refractivity contribution in [2.45, 2.75) is 38.2 Å². The zero-order chi connectivity index (χ0) is 15.2. The molecule has 0 aromatic heterocycles. The van der Waals surface area contributed by atoms with E-state index < -0.39 is 16.9 Å². The monoisotopic (exact) mass is 292 g/mol. The highest BCUT2D eigenvalue weighted by atomic mass is 16.6. The van der Waals surface area contributed by atoms with Crippen molar-refractivity contribution in [3.63, 3.8) is 0 Å². The van der Waals surface area contributed by atoms with E-state index in [0.717, 1.165) is 25.7 Å². The maximum Gasteiger partial charge on any atom is 0.282 e. The third kappa shape index (κ3) is 4.01. The smallest absolute Gasteiger partial charge is 0.282 e. The van der Waals surface area contributed by atoms with E-state index >= 15 is 0 Å². The first-order valence-corrected chi connectivity index (χ1v) is 7.29. The molecule has 1 atom stereocenters. The zero-order valence-corrected chi connectivity index (χ0v) is 11.8. The Balaban J connectivity index is 1.94. The summed E-state index contributed by atoms with van der Waals surface area (Å²) in [6, 6.07) is 5.82. The van der Waals surface area contributed by atoms with Gasteiger partial charge < -0.3 is 10.4 Å². The molecule has 0 bridgehead atoms. The van der Waals surface area contributed by atoms with Crippen molar-refractivity contribution in [2.75, 3.05) is 6.54 Å². The molecule has 0 spiro atoms. The second-order valence-electron chi connectivity index (χ2n) is 5.45. The molecular weight excluding hydrogens is 272 g/mol. The van der Waals surface area contributed by atoms with Crippen LogP contribution in [0.15, 0.2) is 24.3 Å². The fourth-order valence-corrected chi connectivity index (χ4v) is 2.80. The van der Waals surface area contributed by atoms with Crippen LogP contribution in [0, 0.1) is 16.0 Å². The first-order valence-electron chi connectivity index (χ1n) is 7.29. The Kier molecular flexibility index (Phi) is 5.27. The van der Waals surface area contributed by atoms with Gasteiger partial charge in [0.15, 0.2) is 0 Å². The molecule has 2 rings (SSSR count). The maximum atomic E-state index is 12.0. The fourth-order valence-electron chi connectivity index (χ4n) is 2.80. The Morgan fingerprint density at radius 2 is 2.00 bits per heavy atom. The summed E-state index contributed by atoms with van der Waals surface area (Å²) >= 11 is 0. The van der Waals surface area contributed by atoms with Gasteiger partial charge in [-0.2, -0.15) is 0 Å². The van der Waals surface area contributed by atoms with Crippen LogP contribution < -0.4 is 5.32 Å². The molecule has 1 unspecified atom stereocenters. The van der Waals surface area contributed by atoms with Gasteiger partial charge in [0.2, 0.25) is 0 Å². The molecule has 21 heavy (non-hydrogen) atoms. The summed E-state index contributed by atoms with van der Waals surface area (Å²) in [6.45, 7) is 0.134. The summed E-state index contributed by atoms with van der Waals surface area (Å²) in [6.07, 6.45) is 4.79. The highest BCUT2D eigenvalue weighted by molar-refractivity contribution is 5.98. The number of rotatable bonds is 5. The molecule has 0 saturated heterocycles. The van der Waals surface area contributed by atoms with Crippen molar-refractivity contribution in [3.05, 3.63) is 39.9 Å². The lowest BCUT2D eigenvalue weighted by Gasteiger charge is -2.26. The number of nitro groups is 1. The second kappa shape index (κ2) is 7.17. The van der Waals surface area contributed by atoms with Crippen molar-refractivity contribution in [1.29, 1.82) is 0 Å². The summed E-state index contributed by atoms with van der Waals surface area (Å²) < 4.78 is 0. The lowest BCUT2D eigenvalue weighted by atomic mass is 9.85. The molecule has 1 amide bonds. The average molecular weight is 292 g/mol. The van der Waals surface area contributed by atoms with Crippen LogP contribution in [-0.2, 0) is 0 Å². The molecule has 6 nitrogen and oxygen atoms in total. The molecule has 1 aliphatic rings. The van der Waals surface area contributed by atoms with Crippen LogP contribution >= 0.6 is 0 Å². The first kappa shape index (κ1) is 15.4. The van der Waals surface area contributed by atoms with Crippen LogP contribution in [0.25, 0.3) is 0 Å². The highest BCUT2D eigenvalue weighted by Crippen LogP contribution is 2.26. The first-order chi connectivity index (χ1) is 10.1. The van der Waals surface area contributed by atoms with Gasteiger partial charge in [-0.3, -0.25) is 14.9 Å². The molecule has 1 aromatic rings. The normalized spacial score (nSPS) is 17.2. The Bertz CT molecular complexity index is 512. The van der Waals surface area contributed by atoms with Gasteiger partial charge in [-0.1, -0.05) is 31.4 Å². The van der Waals surface area contributed by atoms with Crippen molar-refractivity contribution >= 4 is 11.6 Å². The van der Waals surface area contributed by atoms with Crippen LogP contribution in [0.2, 0.25) is 0 Å². The number of nitrogens with zero attached hydrogens (tertiary/aromatic N) is 1. The minimum atomic E-state index is -0.586. The summed E-state index contributed by atoms with van der Waals surface area (Å²) in [7, 11) is 0. The third-order valence-electron chi connectivity index (χ3n) is 4.01. The topological polar surface area (TPSA) is 92.5 Å². The van der Waals surface area contributed by atoms with Gasteiger partial charge in [0.1, 0.15) is 5.56 Å². The Morgan fingerprint density at radius 3 is 2.67 bits per heavy atom. The quantitative estimate of drug-likeness (QED) is 0.643. The van der Waals surface area contributed by atoms with Gasteiger partial charge in [0, 0.05) is 12.6 Å². The molecule has 114 valence electrons. The Morgan fingerprint density at radius 1 is 1.33 bits per heavy atom. The number of carbonyl (C=O) groups excluding carboxylic acids is 1. The molecular formula is C15H20N2O4. The van der Waals surface area contributed by atoms with E-state index in [4.69, 9.17) is 0 Å². The average Bonchev–Trinajstić information content (AvgIpc) is 2.53. The maximum absolute atomic E-state index is 12.0. The van der Waals surface area contributed by atoms with Crippen molar-refractivity contribution < 1.29 is 14.8 Å². The van der Waals surface area contributed by atoms with Gasteiger partial charge in [0.25, 0.3) is 11.6 Å². The molecule has 2 N–H and O–H groups in total. The lowest BCUT2D eigenvalue weighted by Crippen LogP contribution is -2.37. The third-order valence-corrected chi connectivity index (χ3v) is 4.01. The van der Waals surface area contributed by atoms with E-state index in [0.29, 0.717) is 0 Å². The van der Waals surface area contributed by atoms with E-state index in [2.05, 4.69) is 5.32 Å². The van der Waals surface area contributed by atoms with Gasteiger partial charge in [-0.25, -0.2) is 0 Å². The summed E-state index contributed by atoms with van der Waals surface area (Å²) in [5, 5.41) is 23.6. The predicted molar refractivity (Wildman–Crippen MR) is 78.0 cm³/mol. The summed E-state index contributed by atoms with van der Waals surface area (Å²) in [4.78, 5) is 22.3. The van der Waals surface area contributed by atoms with Crippen LogP contribution in [0.1, 0.15) is 42.5 Å². The number of nitro benzene ring substituents is 1. The van der Waals surface area contributed by atoms with E-state index in [1.165, 1.54) is 24.6 Å². The molecule has 1 aromatic carbocycles.